The number of aliphatic hydroxyl groups is 1. The highest BCUT2D eigenvalue weighted by Crippen LogP contribution is 2.50. The lowest BCUT2D eigenvalue weighted by Gasteiger charge is -2.36. The minimum absolute atomic E-state index is 0.0189. The largest absolute Gasteiger partial charge is 0.507 e. The molecule has 2 aromatic rings. The SMILES string of the molecule is COc1cccc2c1C(=O)c1c(O)c3c(c(O)c1C2=O)C[C@H](O)CC3O[C@H]1CCC[C@H](C)O1. The van der Waals surface area contributed by atoms with Gasteiger partial charge in [0.25, 0.3) is 0 Å². The predicted molar refractivity (Wildman–Crippen MR) is 116 cm³/mol. The summed E-state index contributed by atoms with van der Waals surface area (Å²) in [5.74, 6) is -1.81. The number of carbonyl (C=O) groups is 2. The number of ketones is 2. The first-order valence-corrected chi connectivity index (χ1v) is 11.2. The van der Waals surface area contributed by atoms with Crippen molar-refractivity contribution in [2.75, 3.05) is 7.11 Å². The van der Waals surface area contributed by atoms with Gasteiger partial charge in [0.05, 0.1) is 42.1 Å². The molecular weight excluding hydrogens is 428 g/mol. The van der Waals surface area contributed by atoms with Crippen LogP contribution in [0.15, 0.2) is 18.2 Å². The van der Waals surface area contributed by atoms with E-state index in [2.05, 4.69) is 0 Å². The van der Waals surface area contributed by atoms with Crippen LogP contribution in [0.5, 0.6) is 17.2 Å². The van der Waals surface area contributed by atoms with Crippen molar-refractivity contribution in [1.29, 1.82) is 0 Å². The summed E-state index contributed by atoms with van der Waals surface area (Å²) in [6, 6.07) is 4.63. The van der Waals surface area contributed by atoms with Crippen molar-refractivity contribution in [2.24, 2.45) is 0 Å². The van der Waals surface area contributed by atoms with E-state index < -0.39 is 41.6 Å². The normalized spacial score (nSPS) is 26.4. The number of phenols is 2. The van der Waals surface area contributed by atoms with Crippen molar-refractivity contribution in [3.8, 4) is 17.2 Å². The van der Waals surface area contributed by atoms with Crippen LogP contribution in [-0.4, -0.2) is 52.5 Å². The molecule has 2 aromatic carbocycles. The number of hydrogen-bond acceptors (Lipinski definition) is 8. The number of ether oxygens (including phenoxy) is 3. The van der Waals surface area contributed by atoms with E-state index in [-0.39, 0.29) is 58.1 Å². The molecule has 8 nitrogen and oxygen atoms in total. The Bertz CT molecular complexity index is 1150. The second-order valence-corrected chi connectivity index (χ2v) is 8.91. The van der Waals surface area contributed by atoms with E-state index in [0.717, 1.165) is 12.8 Å². The highest BCUT2D eigenvalue weighted by molar-refractivity contribution is 6.31. The zero-order chi connectivity index (χ0) is 23.4. The third-order valence-electron chi connectivity index (χ3n) is 6.76. The van der Waals surface area contributed by atoms with E-state index in [4.69, 9.17) is 14.2 Å². The highest BCUT2D eigenvalue weighted by Gasteiger charge is 2.43. The van der Waals surface area contributed by atoms with Crippen LogP contribution < -0.4 is 4.74 Å². The summed E-state index contributed by atoms with van der Waals surface area (Å²) in [6.07, 6.45) is 0.501. The Morgan fingerprint density at radius 1 is 1.03 bits per heavy atom. The maximum atomic E-state index is 13.5. The fourth-order valence-electron chi connectivity index (χ4n) is 5.23. The molecule has 1 saturated heterocycles. The first-order valence-electron chi connectivity index (χ1n) is 11.2. The second-order valence-electron chi connectivity index (χ2n) is 8.91. The first kappa shape index (κ1) is 21.9. The van der Waals surface area contributed by atoms with Crippen LogP contribution in [-0.2, 0) is 15.9 Å². The molecule has 1 fully saturated rings. The molecule has 0 amide bonds. The summed E-state index contributed by atoms with van der Waals surface area (Å²) in [5, 5.41) is 32.9. The topological polar surface area (TPSA) is 123 Å². The Morgan fingerprint density at radius 2 is 1.79 bits per heavy atom. The van der Waals surface area contributed by atoms with Gasteiger partial charge in [-0.05, 0) is 32.3 Å². The molecule has 3 aliphatic rings. The predicted octanol–water partition coefficient (Wildman–Crippen LogP) is 3.16. The second kappa shape index (κ2) is 8.13. The summed E-state index contributed by atoms with van der Waals surface area (Å²) in [4.78, 5) is 26.8. The van der Waals surface area contributed by atoms with E-state index in [1.54, 1.807) is 12.1 Å². The fraction of sp³-hybridized carbons (Fsp3) is 0.440. The lowest BCUT2D eigenvalue weighted by Crippen LogP contribution is -2.33. The van der Waals surface area contributed by atoms with Crippen LogP contribution in [0.25, 0.3) is 0 Å². The molecule has 0 radical (unpaired) electrons. The molecule has 33 heavy (non-hydrogen) atoms. The summed E-state index contributed by atoms with van der Waals surface area (Å²) in [7, 11) is 1.39. The third kappa shape index (κ3) is 3.40. The van der Waals surface area contributed by atoms with Crippen LogP contribution >= 0.6 is 0 Å². The van der Waals surface area contributed by atoms with Gasteiger partial charge < -0.3 is 29.5 Å². The number of hydrogen-bond donors (Lipinski definition) is 3. The van der Waals surface area contributed by atoms with Crippen molar-refractivity contribution < 1.29 is 39.1 Å². The molecule has 2 aliphatic carbocycles. The Kier molecular flexibility index (Phi) is 5.39. The molecule has 1 aliphatic heterocycles. The van der Waals surface area contributed by atoms with Gasteiger partial charge in [-0.2, -0.15) is 0 Å². The Morgan fingerprint density at radius 3 is 2.52 bits per heavy atom. The fourth-order valence-corrected chi connectivity index (χ4v) is 5.23. The zero-order valence-corrected chi connectivity index (χ0v) is 18.5. The maximum Gasteiger partial charge on any atom is 0.202 e. The first-order chi connectivity index (χ1) is 15.8. The lowest BCUT2D eigenvalue weighted by molar-refractivity contribution is -0.218. The Balaban J connectivity index is 1.66. The number of phenolic OH excluding ortho intramolecular Hbond substituents is 2. The quantitative estimate of drug-likeness (QED) is 0.516. The molecule has 8 heteroatoms. The van der Waals surface area contributed by atoms with Crippen molar-refractivity contribution >= 4 is 11.6 Å². The minimum atomic E-state index is -0.853. The number of aliphatic hydroxyl groups excluding tert-OH is 1. The van der Waals surface area contributed by atoms with E-state index in [1.165, 1.54) is 13.2 Å². The summed E-state index contributed by atoms with van der Waals surface area (Å²) in [5.41, 5.74) is 0.0490. The molecule has 0 aromatic heterocycles. The van der Waals surface area contributed by atoms with Gasteiger partial charge >= 0.3 is 0 Å². The molecular formula is C25H26O8. The van der Waals surface area contributed by atoms with E-state index in [0.29, 0.717) is 6.42 Å². The summed E-state index contributed by atoms with van der Waals surface area (Å²) < 4.78 is 17.3. The van der Waals surface area contributed by atoms with Gasteiger partial charge in [0.15, 0.2) is 12.1 Å². The monoisotopic (exact) mass is 454 g/mol. The number of benzene rings is 2. The van der Waals surface area contributed by atoms with E-state index in [9.17, 15) is 24.9 Å². The van der Waals surface area contributed by atoms with Gasteiger partial charge in [-0.3, -0.25) is 9.59 Å². The molecule has 1 unspecified atom stereocenters. The lowest BCUT2D eigenvalue weighted by atomic mass is 9.76. The van der Waals surface area contributed by atoms with Crippen molar-refractivity contribution in [1.82, 2.24) is 0 Å². The van der Waals surface area contributed by atoms with Crippen LogP contribution in [0.1, 0.15) is 81.7 Å². The number of carbonyl (C=O) groups excluding carboxylic acids is 2. The number of rotatable bonds is 3. The average molecular weight is 454 g/mol. The molecule has 0 spiro atoms. The van der Waals surface area contributed by atoms with Gasteiger partial charge in [-0.25, -0.2) is 0 Å². The van der Waals surface area contributed by atoms with E-state index >= 15 is 0 Å². The van der Waals surface area contributed by atoms with Gasteiger partial charge in [0.1, 0.15) is 17.2 Å². The number of fused-ring (bicyclic) bond motifs is 3. The molecule has 4 atom stereocenters. The van der Waals surface area contributed by atoms with Crippen LogP contribution in [0.3, 0.4) is 0 Å². The van der Waals surface area contributed by atoms with Gasteiger partial charge in [-0.1, -0.05) is 12.1 Å². The van der Waals surface area contributed by atoms with Crippen LogP contribution in [0, 0.1) is 0 Å². The highest BCUT2D eigenvalue weighted by atomic mass is 16.7. The summed E-state index contributed by atoms with van der Waals surface area (Å²) in [6.45, 7) is 1.95. The van der Waals surface area contributed by atoms with Crippen LogP contribution in [0.4, 0.5) is 0 Å². The molecule has 1 heterocycles. The maximum absolute atomic E-state index is 13.5. The van der Waals surface area contributed by atoms with Crippen molar-refractivity contribution in [3.63, 3.8) is 0 Å². The molecule has 5 rings (SSSR count). The minimum Gasteiger partial charge on any atom is -0.507 e. The third-order valence-corrected chi connectivity index (χ3v) is 6.76. The van der Waals surface area contributed by atoms with Crippen LogP contribution in [0.2, 0.25) is 0 Å². The van der Waals surface area contributed by atoms with Gasteiger partial charge in [-0.15, -0.1) is 0 Å². The van der Waals surface area contributed by atoms with Crippen molar-refractivity contribution in [3.05, 3.63) is 51.6 Å². The average Bonchev–Trinajstić information content (AvgIpc) is 2.79. The van der Waals surface area contributed by atoms with Crippen molar-refractivity contribution in [2.45, 2.75) is 63.6 Å². The van der Waals surface area contributed by atoms with Gasteiger partial charge in [0, 0.05) is 29.5 Å². The molecule has 174 valence electrons. The number of aromatic hydroxyl groups is 2. The molecule has 3 N–H and O–H groups in total. The number of methoxy groups -OCH3 is 1. The zero-order valence-electron chi connectivity index (χ0n) is 18.5. The standard InChI is InChI=1S/C25H26O8/c1-11-5-3-8-17(32-11)33-16-10-12(26)9-14-19(16)25(30)21-20(23(14)28)22(27)13-6-4-7-15(31-2)18(13)24(21)29/h4,6-7,11-12,16-17,26,28,30H,3,5,8-10H2,1-2H3/t11-,12-,16?,17-/m0/s1. The Hall–Kier alpha value is -2.94. The summed E-state index contributed by atoms with van der Waals surface area (Å²) >= 11 is 0. The Labute approximate surface area is 190 Å². The van der Waals surface area contributed by atoms with Gasteiger partial charge in [0.2, 0.25) is 5.78 Å². The van der Waals surface area contributed by atoms with E-state index in [1.807, 2.05) is 6.92 Å². The smallest absolute Gasteiger partial charge is 0.202 e. The molecule has 0 saturated carbocycles. The molecule has 0 bridgehead atoms.